The topological polar surface area (TPSA) is 57.7 Å². The van der Waals surface area contributed by atoms with Crippen molar-refractivity contribution in [1.82, 2.24) is 9.88 Å². The molecule has 6 nitrogen and oxygen atoms in total. The van der Waals surface area contributed by atoms with E-state index in [0.717, 1.165) is 17.8 Å². The minimum Gasteiger partial charge on any atom is -0.542 e. The van der Waals surface area contributed by atoms with Crippen LogP contribution in [0.3, 0.4) is 0 Å². The van der Waals surface area contributed by atoms with Crippen molar-refractivity contribution in [2.24, 2.45) is 0 Å². The van der Waals surface area contributed by atoms with E-state index in [9.17, 15) is 18.0 Å². The van der Waals surface area contributed by atoms with Crippen molar-refractivity contribution in [2.45, 2.75) is 45.1 Å². The normalized spacial score (nSPS) is 15.8. The molecular formula is C24H33F3N4O2Si. The van der Waals surface area contributed by atoms with Gasteiger partial charge in [0, 0.05) is 31.9 Å². The van der Waals surface area contributed by atoms with Crippen LogP contribution in [0.1, 0.15) is 26.3 Å². The Bertz CT molecular complexity index is 966. The number of amides is 1. The molecule has 0 bridgehead atoms. The Kier molecular flexibility index (Phi) is 7.61. The molecule has 1 amide bonds. The minimum absolute atomic E-state index is 0.0798. The van der Waals surface area contributed by atoms with Crippen molar-refractivity contribution in [3.05, 3.63) is 48.2 Å². The fourth-order valence-corrected chi connectivity index (χ4v) is 4.39. The number of carbonyl (C=O) groups excluding carboxylic acids is 1. The highest BCUT2D eigenvalue weighted by Crippen LogP contribution is 2.37. The first-order valence-electron chi connectivity index (χ1n) is 11.3. The molecule has 1 aromatic carbocycles. The summed E-state index contributed by atoms with van der Waals surface area (Å²) in [5.74, 6) is 1.01. The number of halogens is 3. The van der Waals surface area contributed by atoms with Crippen LogP contribution >= 0.6 is 0 Å². The number of rotatable bonds is 6. The number of carbonyl (C=O) groups is 1. The van der Waals surface area contributed by atoms with E-state index in [4.69, 9.17) is 4.43 Å². The molecule has 2 aromatic rings. The number of aromatic nitrogens is 1. The molecule has 1 aliphatic rings. The Labute approximate surface area is 200 Å². The van der Waals surface area contributed by atoms with Crippen LogP contribution < -0.4 is 14.6 Å². The van der Waals surface area contributed by atoms with Crippen LogP contribution in [0.15, 0.2) is 42.6 Å². The van der Waals surface area contributed by atoms with E-state index in [1.54, 1.807) is 12.3 Å². The van der Waals surface area contributed by atoms with Gasteiger partial charge in [0.25, 0.3) is 8.32 Å². The molecule has 10 heteroatoms. The Morgan fingerprint density at radius 1 is 1.03 bits per heavy atom. The maximum atomic E-state index is 12.8. The van der Waals surface area contributed by atoms with Gasteiger partial charge in [0.1, 0.15) is 11.6 Å². The summed E-state index contributed by atoms with van der Waals surface area (Å²) >= 11 is 0. The number of nitrogens with zero attached hydrogens (tertiary/aromatic N) is 3. The summed E-state index contributed by atoms with van der Waals surface area (Å²) in [6.07, 6.45) is -2.70. The quantitative estimate of drug-likeness (QED) is 0.556. The lowest BCUT2D eigenvalue weighted by Gasteiger charge is -2.36. The molecule has 0 aliphatic carbocycles. The summed E-state index contributed by atoms with van der Waals surface area (Å²) in [5, 5.41) is 2.90. The predicted octanol–water partition coefficient (Wildman–Crippen LogP) is 5.25. The third-order valence-electron chi connectivity index (χ3n) is 6.48. The SMILES string of the molecule is CC(C)(C)[Si](C)(C)Oc1ccc(NC(=O)CN2CCN(c3ccc(C(F)(F)F)cc3)CC2)nc1. The lowest BCUT2D eigenvalue weighted by Crippen LogP contribution is -2.48. The first kappa shape index (κ1) is 26.0. The number of nitrogens with one attached hydrogen (secondary N) is 1. The lowest BCUT2D eigenvalue weighted by atomic mass is 10.1. The molecule has 1 fully saturated rings. The second kappa shape index (κ2) is 9.95. The molecule has 3 rings (SSSR count). The van der Waals surface area contributed by atoms with E-state index in [0.29, 0.717) is 37.7 Å². The summed E-state index contributed by atoms with van der Waals surface area (Å²) in [4.78, 5) is 20.8. The molecule has 0 atom stereocenters. The Morgan fingerprint density at radius 3 is 2.15 bits per heavy atom. The van der Waals surface area contributed by atoms with Gasteiger partial charge in [0.15, 0.2) is 0 Å². The van der Waals surface area contributed by atoms with Crippen molar-refractivity contribution in [2.75, 3.05) is 42.9 Å². The van der Waals surface area contributed by atoms with Gasteiger partial charge >= 0.3 is 6.18 Å². The zero-order valence-corrected chi connectivity index (χ0v) is 21.4. The van der Waals surface area contributed by atoms with Gasteiger partial charge in [-0.15, -0.1) is 0 Å². The highest BCUT2D eigenvalue weighted by atomic mass is 28.4. The summed E-state index contributed by atoms with van der Waals surface area (Å²) in [6, 6.07) is 8.76. The van der Waals surface area contributed by atoms with Gasteiger partial charge in [-0.3, -0.25) is 9.69 Å². The number of hydrogen-bond donors (Lipinski definition) is 1. The minimum atomic E-state index is -4.34. The summed E-state index contributed by atoms with van der Waals surface area (Å²) in [6.45, 7) is 13.6. The zero-order valence-electron chi connectivity index (χ0n) is 20.4. The van der Waals surface area contributed by atoms with Crippen molar-refractivity contribution in [1.29, 1.82) is 0 Å². The average Bonchev–Trinajstić information content (AvgIpc) is 2.74. The number of benzene rings is 1. The van der Waals surface area contributed by atoms with Gasteiger partial charge in [-0.1, -0.05) is 20.8 Å². The third kappa shape index (κ3) is 6.72. The molecule has 0 radical (unpaired) electrons. The highest BCUT2D eigenvalue weighted by molar-refractivity contribution is 6.74. The largest absolute Gasteiger partial charge is 0.542 e. The molecular weight excluding hydrogens is 461 g/mol. The van der Waals surface area contributed by atoms with Gasteiger partial charge in [-0.25, -0.2) is 4.98 Å². The maximum Gasteiger partial charge on any atom is 0.416 e. The van der Waals surface area contributed by atoms with E-state index in [1.807, 2.05) is 15.9 Å². The number of anilines is 2. The van der Waals surface area contributed by atoms with Crippen LogP contribution in [0.25, 0.3) is 0 Å². The molecule has 1 aromatic heterocycles. The smallest absolute Gasteiger partial charge is 0.416 e. The average molecular weight is 495 g/mol. The number of alkyl halides is 3. The molecule has 34 heavy (non-hydrogen) atoms. The number of pyridine rings is 1. The number of hydrogen-bond acceptors (Lipinski definition) is 5. The van der Waals surface area contributed by atoms with Crippen molar-refractivity contribution < 1.29 is 22.4 Å². The van der Waals surface area contributed by atoms with Gasteiger partial charge < -0.3 is 14.6 Å². The van der Waals surface area contributed by atoms with Crippen molar-refractivity contribution in [3.63, 3.8) is 0 Å². The van der Waals surface area contributed by atoms with Crippen LogP contribution in [0, 0.1) is 0 Å². The molecule has 1 saturated heterocycles. The Morgan fingerprint density at radius 2 is 1.65 bits per heavy atom. The summed E-state index contributed by atoms with van der Waals surface area (Å²) < 4.78 is 44.5. The molecule has 0 saturated carbocycles. The molecule has 2 heterocycles. The first-order chi connectivity index (χ1) is 15.7. The lowest BCUT2D eigenvalue weighted by molar-refractivity contribution is -0.137. The van der Waals surface area contributed by atoms with E-state index < -0.39 is 20.1 Å². The second-order valence-electron chi connectivity index (χ2n) is 10.1. The molecule has 0 unspecified atom stereocenters. The number of piperazine rings is 1. The third-order valence-corrected chi connectivity index (χ3v) is 10.8. The van der Waals surface area contributed by atoms with Crippen LogP contribution in [0.2, 0.25) is 18.1 Å². The molecule has 1 N–H and O–H groups in total. The molecule has 0 spiro atoms. The van der Waals surface area contributed by atoms with Crippen molar-refractivity contribution in [3.8, 4) is 5.75 Å². The van der Waals surface area contributed by atoms with Gasteiger partial charge in [0.05, 0.1) is 18.3 Å². The van der Waals surface area contributed by atoms with Gasteiger partial charge in [-0.2, -0.15) is 13.2 Å². The predicted molar refractivity (Wildman–Crippen MR) is 131 cm³/mol. The zero-order chi connectivity index (χ0) is 25.1. The first-order valence-corrected chi connectivity index (χ1v) is 14.2. The van der Waals surface area contributed by atoms with Crippen LogP contribution in [0.5, 0.6) is 5.75 Å². The summed E-state index contributed by atoms with van der Waals surface area (Å²) in [7, 11) is -1.95. The van der Waals surface area contributed by atoms with Crippen LogP contribution in [-0.4, -0.2) is 56.8 Å². The second-order valence-corrected chi connectivity index (χ2v) is 14.8. The van der Waals surface area contributed by atoms with Gasteiger partial charge in [-0.05, 0) is 54.5 Å². The standard InChI is InChI=1S/C24H33F3N4O2Si/c1-23(2,3)34(4,5)33-20-10-11-21(28-16-20)29-22(32)17-30-12-14-31(15-13-30)19-8-6-18(7-9-19)24(25,26)27/h6-11,16H,12-15,17H2,1-5H3,(H,28,29,32). The van der Waals surface area contributed by atoms with E-state index in [1.165, 1.54) is 12.1 Å². The van der Waals surface area contributed by atoms with E-state index in [2.05, 4.69) is 44.2 Å². The van der Waals surface area contributed by atoms with E-state index >= 15 is 0 Å². The maximum absolute atomic E-state index is 12.8. The van der Waals surface area contributed by atoms with E-state index in [-0.39, 0.29) is 17.5 Å². The fourth-order valence-electron chi connectivity index (χ4n) is 3.37. The Balaban J connectivity index is 1.46. The van der Waals surface area contributed by atoms with Crippen LogP contribution in [-0.2, 0) is 11.0 Å². The monoisotopic (exact) mass is 494 g/mol. The van der Waals surface area contributed by atoms with Gasteiger partial charge in [0.2, 0.25) is 5.91 Å². The van der Waals surface area contributed by atoms with Crippen LogP contribution in [0.4, 0.5) is 24.7 Å². The molecule has 1 aliphatic heterocycles. The Hall–Kier alpha value is -2.59. The molecule has 186 valence electrons. The summed E-state index contributed by atoms with van der Waals surface area (Å²) in [5.41, 5.74) is 0.0982. The highest BCUT2D eigenvalue weighted by Gasteiger charge is 2.39. The van der Waals surface area contributed by atoms with Crippen molar-refractivity contribution >= 4 is 25.7 Å². The fraction of sp³-hybridized carbons (Fsp3) is 0.500.